The molecule has 110 valence electrons. The Bertz CT molecular complexity index is 326. The van der Waals surface area contributed by atoms with Crippen LogP contribution in [0.3, 0.4) is 0 Å². The van der Waals surface area contributed by atoms with Crippen molar-refractivity contribution in [3.63, 3.8) is 0 Å². The standard InChI is InChI=1S/C15H28N2O2/c1-4-19-13-9-12(15(13)7-5-6-8-15)17(3)14(18)11(2)10-16/h11-13H,4-10,16H2,1-3H3. The molecule has 0 aromatic carbocycles. The summed E-state index contributed by atoms with van der Waals surface area (Å²) in [5.41, 5.74) is 5.85. The van der Waals surface area contributed by atoms with E-state index in [1.54, 1.807) is 0 Å². The van der Waals surface area contributed by atoms with Crippen molar-refractivity contribution in [2.24, 2.45) is 17.1 Å². The SMILES string of the molecule is CCOC1CC(N(C)C(=O)C(C)CN)C12CCCC2. The predicted octanol–water partition coefficient (Wildman–Crippen LogP) is 1.78. The minimum atomic E-state index is -0.0744. The Morgan fingerprint density at radius 3 is 2.63 bits per heavy atom. The van der Waals surface area contributed by atoms with Crippen molar-refractivity contribution in [2.45, 2.75) is 58.1 Å². The Balaban J connectivity index is 2.06. The number of rotatable bonds is 5. The lowest BCUT2D eigenvalue weighted by atomic mass is 9.60. The largest absolute Gasteiger partial charge is 0.378 e. The van der Waals surface area contributed by atoms with Crippen LogP contribution in [0.15, 0.2) is 0 Å². The van der Waals surface area contributed by atoms with Crippen molar-refractivity contribution in [1.29, 1.82) is 0 Å². The van der Waals surface area contributed by atoms with Crippen LogP contribution in [0, 0.1) is 11.3 Å². The maximum Gasteiger partial charge on any atom is 0.226 e. The molecule has 0 aromatic rings. The van der Waals surface area contributed by atoms with E-state index in [0.717, 1.165) is 13.0 Å². The molecule has 2 aliphatic carbocycles. The Kier molecular flexibility index (Phi) is 4.51. The minimum absolute atomic E-state index is 0.0744. The second-order valence-electron chi connectivity index (χ2n) is 6.22. The van der Waals surface area contributed by atoms with Gasteiger partial charge in [0.25, 0.3) is 0 Å². The normalized spacial score (nSPS) is 30.1. The zero-order chi connectivity index (χ0) is 14.0. The van der Waals surface area contributed by atoms with E-state index in [0.29, 0.717) is 18.7 Å². The fourth-order valence-corrected chi connectivity index (χ4v) is 4.00. The van der Waals surface area contributed by atoms with Gasteiger partial charge >= 0.3 is 0 Å². The molecule has 0 saturated heterocycles. The summed E-state index contributed by atoms with van der Waals surface area (Å²) in [6, 6.07) is 0.355. The summed E-state index contributed by atoms with van der Waals surface area (Å²) in [6.07, 6.45) is 6.30. The maximum atomic E-state index is 12.3. The van der Waals surface area contributed by atoms with E-state index >= 15 is 0 Å². The molecule has 0 heterocycles. The summed E-state index contributed by atoms with van der Waals surface area (Å²) >= 11 is 0. The first-order valence-corrected chi connectivity index (χ1v) is 7.65. The van der Waals surface area contributed by atoms with Crippen LogP contribution in [0.2, 0.25) is 0 Å². The number of carbonyl (C=O) groups excluding carboxylic acids is 1. The molecule has 2 saturated carbocycles. The number of nitrogens with zero attached hydrogens (tertiary/aromatic N) is 1. The summed E-state index contributed by atoms with van der Waals surface area (Å²) < 4.78 is 5.90. The zero-order valence-corrected chi connectivity index (χ0v) is 12.5. The van der Waals surface area contributed by atoms with Crippen molar-refractivity contribution in [1.82, 2.24) is 4.90 Å². The van der Waals surface area contributed by atoms with Gasteiger partial charge in [-0.25, -0.2) is 0 Å². The lowest BCUT2D eigenvalue weighted by Crippen LogP contribution is -2.64. The van der Waals surface area contributed by atoms with Crippen molar-refractivity contribution in [3.8, 4) is 0 Å². The fourth-order valence-electron chi connectivity index (χ4n) is 4.00. The highest BCUT2D eigenvalue weighted by molar-refractivity contribution is 5.79. The number of hydrogen-bond donors (Lipinski definition) is 1. The monoisotopic (exact) mass is 268 g/mol. The molecule has 1 amide bonds. The number of ether oxygens (including phenoxy) is 1. The smallest absolute Gasteiger partial charge is 0.226 e. The van der Waals surface area contributed by atoms with Gasteiger partial charge in [-0.15, -0.1) is 0 Å². The third-order valence-corrected chi connectivity index (χ3v) is 5.23. The molecule has 2 rings (SSSR count). The molecule has 2 aliphatic rings. The Labute approximate surface area is 116 Å². The highest BCUT2D eigenvalue weighted by Crippen LogP contribution is 2.56. The molecule has 0 aliphatic heterocycles. The molecule has 1 spiro atoms. The van der Waals surface area contributed by atoms with E-state index in [-0.39, 0.29) is 17.2 Å². The fraction of sp³-hybridized carbons (Fsp3) is 0.933. The maximum absolute atomic E-state index is 12.3. The third kappa shape index (κ3) is 2.40. The van der Waals surface area contributed by atoms with Gasteiger partial charge in [0.2, 0.25) is 5.91 Å². The van der Waals surface area contributed by atoms with Crippen molar-refractivity contribution in [3.05, 3.63) is 0 Å². The molecule has 0 bridgehead atoms. The number of hydrogen-bond acceptors (Lipinski definition) is 3. The molecule has 3 unspecified atom stereocenters. The molecule has 3 atom stereocenters. The Morgan fingerprint density at radius 2 is 2.11 bits per heavy atom. The van der Waals surface area contributed by atoms with Crippen LogP contribution < -0.4 is 5.73 Å². The number of nitrogens with two attached hydrogens (primary N) is 1. The zero-order valence-electron chi connectivity index (χ0n) is 12.5. The van der Waals surface area contributed by atoms with Gasteiger partial charge in [0.15, 0.2) is 0 Å². The molecule has 0 aromatic heterocycles. The first-order valence-electron chi connectivity index (χ1n) is 7.65. The molecule has 4 heteroatoms. The van der Waals surface area contributed by atoms with Gasteiger partial charge < -0.3 is 15.4 Å². The van der Waals surface area contributed by atoms with Gasteiger partial charge in [0, 0.05) is 37.6 Å². The molecule has 2 N–H and O–H groups in total. The van der Waals surface area contributed by atoms with Gasteiger partial charge in [-0.2, -0.15) is 0 Å². The summed E-state index contributed by atoms with van der Waals surface area (Å²) in [7, 11) is 1.95. The van der Waals surface area contributed by atoms with E-state index in [1.165, 1.54) is 25.7 Å². The van der Waals surface area contributed by atoms with Crippen LogP contribution in [-0.4, -0.2) is 43.2 Å². The van der Waals surface area contributed by atoms with Crippen molar-refractivity contribution >= 4 is 5.91 Å². The first kappa shape index (κ1) is 14.8. The van der Waals surface area contributed by atoms with Gasteiger partial charge in [-0.3, -0.25) is 4.79 Å². The average Bonchev–Trinajstić information content (AvgIpc) is 2.92. The Hall–Kier alpha value is -0.610. The van der Waals surface area contributed by atoms with Gasteiger partial charge in [0.1, 0.15) is 0 Å². The molecule has 19 heavy (non-hydrogen) atoms. The van der Waals surface area contributed by atoms with Crippen molar-refractivity contribution in [2.75, 3.05) is 20.2 Å². The quantitative estimate of drug-likeness (QED) is 0.827. The van der Waals surface area contributed by atoms with E-state index in [2.05, 4.69) is 6.92 Å². The summed E-state index contributed by atoms with van der Waals surface area (Å²) in [5, 5.41) is 0. The molecule has 2 fully saturated rings. The lowest BCUT2D eigenvalue weighted by molar-refractivity contribution is -0.174. The van der Waals surface area contributed by atoms with Crippen molar-refractivity contribution < 1.29 is 9.53 Å². The van der Waals surface area contributed by atoms with E-state index in [4.69, 9.17) is 10.5 Å². The van der Waals surface area contributed by atoms with Crippen LogP contribution in [0.25, 0.3) is 0 Å². The minimum Gasteiger partial charge on any atom is -0.378 e. The number of carbonyl (C=O) groups is 1. The van der Waals surface area contributed by atoms with E-state index in [1.807, 2.05) is 18.9 Å². The van der Waals surface area contributed by atoms with Crippen LogP contribution in [0.1, 0.15) is 46.0 Å². The van der Waals surface area contributed by atoms with Gasteiger partial charge in [-0.1, -0.05) is 19.8 Å². The van der Waals surface area contributed by atoms with Crippen LogP contribution in [-0.2, 0) is 9.53 Å². The molecular weight excluding hydrogens is 240 g/mol. The first-order chi connectivity index (χ1) is 9.06. The highest BCUT2D eigenvalue weighted by Gasteiger charge is 2.58. The predicted molar refractivity (Wildman–Crippen MR) is 75.7 cm³/mol. The van der Waals surface area contributed by atoms with E-state index < -0.39 is 0 Å². The summed E-state index contributed by atoms with van der Waals surface area (Å²) in [5.74, 6) is 0.114. The van der Waals surface area contributed by atoms with E-state index in [9.17, 15) is 4.79 Å². The summed E-state index contributed by atoms with van der Waals surface area (Å²) in [4.78, 5) is 14.3. The van der Waals surface area contributed by atoms with Gasteiger partial charge in [-0.05, 0) is 26.2 Å². The second kappa shape index (κ2) is 5.80. The highest BCUT2D eigenvalue weighted by atomic mass is 16.5. The summed E-state index contributed by atoms with van der Waals surface area (Å²) in [6.45, 7) is 5.17. The average molecular weight is 268 g/mol. The number of amides is 1. The Morgan fingerprint density at radius 1 is 1.47 bits per heavy atom. The third-order valence-electron chi connectivity index (χ3n) is 5.23. The topological polar surface area (TPSA) is 55.6 Å². The molecule has 4 nitrogen and oxygen atoms in total. The molecule has 0 radical (unpaired) electrons. The van der Waals surface area contributed by atoms with Crippen LogP contribution in [0.4, 0.5) is 0 Å². The second-order valence-corrected chi connectivity index (χ2v) is 6.22. The molecular formula is C15H28N2O2. The lowest BCUT2D eigenvalue weighted by Gasteiger charge is -2.57. The van der Waals surface area contributed by atoms with Crippen LogP contribution >= 0.6 is 0 Å². The van der Waals surface area contributed by atoms with Crippen LogP contribution in [0.5, 0.6) is 0 Å². The van der Waals surface area contributed by atoms with Gasteiger partial charge in [0.05, 0.1) is 6.10 Å².